The van der Waals surface area contributed by atoms with Gasteiger partial charge >= 0.3 is 0 Å². The van der Waals surface area contributed by atoms with Crippen molar-refractivity contribution in [2.75, 3.05) is 21.3 Å². The molecule has 2 aromatic rings. The second-order valence-corrected chi connectivity index (χ2v) is 5.44. The lowest BCUT2D eigenvalue weighted by Gasteiger charge is -2.18. The van der Waals surface area contributed by atoms with Crippen molar-refractivity contribution in [3.05, 3.63) is 47.8 Å². The topological polar surface area (TPSA) is 49.8 Å². The van der Waals surface area contributed by atoms with Gasteiger partial charge in [0, 0.05) is 12.4 Å². The number of hydrogen-bond acceptors (Lipinski definition) is 5. The van der Waals surface area contributed by atoms with Gasteiger partial charge in [0.2, 0.25) is 5.75 Å². The van der Waals surface area contributed by atoms with E-state index >= 15 is 0 Å². The Morgan fingerprint density at radius 2 is 1.61 bits per heavy atom. The molecule has 1 aliphatic heterocycles. The maximum absolute atomic E-state index is 6.21. The summed E-state index contributed by atoms with van der Waals surface area (Å²) in [6, 6.07) is 7.90. The number of ether oxygens (including phenoxy) is 4. The van der Waals surface area contributed by atoms with Crippen molar-refractivity contribution < 1.29 is 18.9 Å². The first-order chi connectivity index (χ1) is 11.3. The number of nitrogens with zero attached hydrogens (tertiary/aromatic N) is 1. The van der Waals surface area contributed by atoms with Gasteiger partial charge < -0.3 is 18.9 Å². The van der Waals surface area contributed by atoms with Crippen molar-refractivity contribution in [3.8, 4) is 17.2 Å². The summed E-state index contributed by atoms with van der Waals surface area (Å²) in [5, 5.41) is 0. The van der Waals surface area contributed by atoms with E-state index in [4.69, 9.17) is 18.9 Å². The Morgan fingerprint density at radius 3 is 2.13 bits per heavy atom. The molecule has 1 fully saturated rings. The van der Waals surface area contributed by atoms with Gasteiger partial charge in [0.05, 0.1) is 33.5 Å². The first kappa shape index (κ1) is 15.6. The maximum Gasteiger partial charge on any atom is 0.203 e. The predicted octanol–water partition coefficient (Wildman–Crippen LogP) is 3.70. The summed E-state index contributed by atoms with van der Waals surface area (Å²) >= 11 is 0. The Kier molecular flexibility index (Phi) is 4.67. The molecule has 0 radical (unpaired) electrons. The lowest BCUT2D eigenvalue weighted by atomic mass is 10.0. The van der Waals surface area contributed by atoms with Crippen LogP contribution >= 0.6 is 0 Å². The van der Waals surface area contributed by atoms with Gasteiger partial charge in [0.1, 0.15) is 0 Å². The van der Waals surface area contributed by atoms with Crippen molar-refractivity contribution in [1.82, 2.24) is 4.98 Å². The van der Waals surface area contributed by atoms with E-state index in [0.29, 0.717) is 17.2 Å². The monoisotopic (exact) mass is 315 g/mol. The molecule has 0 spiro atoms. The number of methoxy groups -OCH3 is 3. The standard InChI is InChI=1S/C18H21NO4/c1-20-16-9-13(10-17(21-2)18(16)22-3)15-7-6-14(23-15)12-5-4-8-19-11-12/h4-5,8-11,14-15H,6-7H2,1-3H3/t14-,15+/m1/s1. The normalized spacial score (nSPS) is 20.3. The van der Waals surface area contributed by atoms with E-state index in [2.05, 4.69) is 11.1 Å². The molecule has 0 bridgehead atoms. The van der Waals surface area contributed by atoms with Crippen LogP contribution in [0.1, 0.15) is 36.2 Å². The summed E-state index contributed by atoms with van der Waals surface area (Å²) in [6.07, 6.45) is 5.63. The van der Waals surface area contributed by atoms with Gasteiger partial charge in [-0.3, -0.25) is 4.98 Å². The number of pyridine rings is 1. The molecule has 2 atom stereocenters. The predicted molar refractivity (Wildman–Crippen MR) is 86.1 cm³/mol. The molecule has 1 saturated heterocycles. The maximum atomic E-state index is 6.21. The first-order valence-corrected chi connectivity index (χ1v) is 7.62. The van der Waals surface area contributed by atoms with Crippen LogP contribution in [0.15, 0.2) is 36.7 Å². The highest BCUT2D eigenvalue weighted by atomic mass is 16.5. The zero-order valence-corrected chi connectivity index (χ0v) is 13.6. The minimum absolute atomic E-state index is 0.00825. The van der Waals surface area contributed by atoms with Gasteiger partial charge in [0.25, 0.3) is 0 Å². The SMILES string of the molecule is COc1cc([C@@H]2CC[C@H](c3cccnc3)O2)cc(OC)c1OC. The first-order valence-electron chi connectivity index (χ1n) is 7.62. The molecule has 1 aromatic carbocycles. The molecule has 0 saturated carbocycles. The zero-order valence-electron chi connectivity index (χ0n) is 13.6. The molecule has 5 heteroatoms. The van der Waals surface area contributed by atoms with Crippen LogP contribution in [-0.2, 0) is 4.74 Å². The van der Waals surface area contributed by atoms with Gasteiger partial charge in [-0.15, -0.1) is 0 Å². The van der Waals surface area contributed by atoms with Crippen molar-refractivity contribution in [2.24, 2.45) is 0 Å². The highest BCUT2D eigenvalue weighted by molar-refractivity contribution is 5.54. The highest BCUT2D eigenvalue weighted by Crippen LogP contribution is 2.45. The number of benzene rings is 1. The number of rotatable bonds is 5. The smallest absolute Gasteiger partial charge is 0.203 e. The lowest BCUT2D eigenvalue weighted by Crippen LogP contribution is -2.02. The summed E-state index contributed by atoms with van der Waals surface area (Å²) < 4.78 is 22.4. The largest absolute Gasteiger partial charge is 0.493 e. The molecular formula is C18H21NO4. The minimum atomic E-state index is 0.00825. The van der Waals surface area contributed by atoms with Crippen LogP contribution in [0.2, 0.25) is 0 Å². The van der Waals surface area contributed by atoms with Crippen LogP contribution in [0.5, 0.6) is 17.2 Å². The number of hydrogen-bond donors (Lipinski definition) is 0. The van der Waals surface area contributed by atoms with E-state index in [1.165, 1.54) is 0 Å². The Bertz CT molecular complexity index is 634. The van der Waals surface area contributed by atoms with E-state index in [0.717, 1.165) is 24.0 Å². The third-order valence-electron chi connectivity index (χ3n) is 4.13. The van der Waals surface area contributed by atoms with Crippen LogP contribution < -0.4 is 14.2 Å². The summed E-state index contributed by atoms with van der Waals surface area (Å²) in [7, 11) is 4.84. The molecule has 1 aliphatic rings. The van der Waals surface area contributed by atoms with Gasteiger partial charge in [-0.05, 0) is 42.2 Å². The summed E-state index contributed by atoms with van der Waals surface area (Å²) in [4.78, 5) is 4.17. The van der Waals surface area contributed by atoms with Gasteiger partial charge in [-0.1, -0.05) is 6.07 Å². The molecular weight excluding hydrogens is 294 g/mol. The van der Waals surface area contributed by atoms with Crippen LogP contribution in [0.25, 0.3) is 0 Å². The second-order valence-electron chi connectivity index (χ2n) is 5.44. The van der Waals surface area contributed by atoms with E-state index in [-0.39, 0.29) is 12.2 Å². The summed E-state index contributed by atoms with van der Waals surface area (Å²) in [5.41, 5.74) is 2.15. The van der Waals surface area contributed by atoms with E-state index in [1.807, 2.05) is 24.4 Å². The van der Waals surface area contributed by atoms with Gasteiger partial charge in [0.15, 0.2) is 11.5 Å². The van der Waals surface area contributed by atoms with Crippen molar-refractivity contribution in [2.45, 2.75) is 25.0 Å². The molecule has 0 N–H and O–H groups in total. The molecule has 23 heavy (non-hydrogen) atoms. The average molecular weight is 315 g/mol. The second kappa shape index (κ2) is 6.87. The fraction of sp³-hybridized carbons (Fsp3) is 0.389. The molecule has 122 valence electrons. The third kappa shape index (κ3) is 3.10. The number of aromatic nitrogens is 1. The summed E-state index contributed by atoms with van der Waals surface area (Å²) in [6.45, 7) is 0. The van der Waals surface area contributed by atoms with E-state index in [9.17, 15) is 0 Å². The Morgan fingerprint density at radius 1 is 0.957 bits per heavy atom. The quantitative estimate of drug-likeness (QED) is 0.842. The minimum Gasteiger partial charge on any atom is -0.493 e. The van der Waals surface area contributed by atoms with Crippen LogP contribution in [0.3, 0.4) is 0 Å². The average Bonchev–Trinajstić information content (AvgIpc) is 3.11. The lowest BCUT2D eigenvalue weighted by molar-refractivity contribution is 0.0436. The molecule has 1 aromatic heterocycles. The molecule has 0 amide bonds. The molecule has 3 rings (SSSR count). The fourth-order valence-corrected chi connectivity index (χ4v) is 2.98. The van der Waals surface area contributed by atoms with Crippen LogP contribution in [0.4, 0.5) is 0 Å². The fourth-order valence-electron chi connectivity index (χ4n) is 2.98. The zero-order chi connectivity index (χ0) is 16.2. The molecule has 5 nitrogen and oxygen atoms in total. The molecule has 2 heterocycles. The molecule has 0 aliphatic carbocycles. The van der Waals surface area contributed by atoms with Crippen molar-refractivity contribution in [1.29, 1.82) is 0 Å². The Labute approximate surface area is 136 Å². The molecule has 0 unspecified atom stereocenters. The van der Waals surface area contributed by atoms with E-state index in [1.54, 1.807) is 27.5 Å². The van der Waals surface area contributed by atoms with Crippen LogP contribution in [-0.4, -0.2) is 26.3 Å². The Hall–Kier alpha value is -2.27. The van der Waals surface area contributed by atoms with Gasteiger partial charge in [-0.2, -0.15) is 0 Å². The van der Waals surface area contributed by atoms with Gasteiger partial charge in [-0.25, -0.2) is 0 Å². The summed E-state index contributed by atoms with van der Waals surface area (Å²) in [5.74, 6) is 1.89. The third-order valence-corrected chi connectivity index (χ3v) is 4.13. The van der Waals surface area contributed by atoms with Crippen molar-refractivity contribution in [3.63, 3.8) is 0 Å². The van der Waals surface area contributed by atoms with Crippen LogP contribution in [0, 0.1) is 0 Å². The Balaban J connectivity index is 1.85. The highest BCUT2D eigenvalue weighted by Gasteiger charge is 2.29. The van der Waals surface area contributed by atoms with Crippen molar-refractivity contribution >= 4 is 0 Å². The van der Waals surface area contributed by atoms with E-state index < -0.39 is 0 Å².